The third-order valence-corrected chi connectivity index (χ3v) is 5.78. The molecule has 0 aliphatic carbocycles. The molecule has 4 heterocycles. The number of amides is 1. The first kappa shape index (κ1) is 19.2. The number of hydrogen-bond acceptors (Lipinski definition) is 6. The quantitative estimate of drug-likeness (QED) is 0.499. The van der Waals surface area contributed by atoms with Gasteiger partial charge in [0.1, 0.15) is 24.8 Å². The Labute approximate surface area is 179 Å². The van der Waals surface area contributed by atoms with Crippen LogP contribution in [0.1, 0.15) is 18.4 Å². The summed E-state index contributed by atoms with van der Waals surface area (Å²) < 4.78 is 1.60. The number of aromatic amines is 1. The molecule has 1 unspecified atom stereocenters. The van der Waals surface area contributed by atoms with Crippen molar-refractivity contribution in [3.05, 3.63) is 61.1 Å². The van der Waals surface area contributed by atoms with Crippen molar-refractivity contribution in [1.29, 1.82) is 0 Å². The number of hydrogen-bond donors (Lipinski definition) is 2. The van der Waals surface area contributed by atoms with Gasteiger partial charge in [0.2, 0.25) is 5.91 Å². The number of para-hydroxylation sites is 1. The van der Waals surface area contributed by atoms with Gasteiger partial charge in [0.15, 0.2) is 5.82 Å². The molecule has 0 spiro atoms. The van der Waals surface area contributed by atoms with E-state index in [1.54, 1.807) is 11.0 Å². The van der Waals surface area contributed by atoms with E-state index in [1.165, 1.54) is 23.6 Å². The fourth-order valence-corrected chi connectivity index (χ4v) is 4.16. The van der Waals surface area contributed by atoms with Gasteiger partial charge in [-0.25, -0.2) is 19.6 Å². The number of anilines is 1. The lowest BCUT2D eigenvalue weighted by molar-refractivity contribution is -0.125. The molecular weight excluding hydrogens is 392 g/mol. The summed E-state index contributed by atoms with van der Waals surface area (Å²) in [6.45, 7) is 2.14. The van der Waals surface area contributed by atoms with Crippen LogP contribution in [0, 0.1) is 5.92 Å². The molecule has 1 aliphatic heterocycles. The largest absolute Gasteiger partial charge is 0.361 e. The van der Waals surface area contributed by atoms with E-state index in [2.05, 4.69) is 47.4 Å². The van der Waals surface area contributed by atoms with Crippen LogP contribution in [-0.4, -0.2) is 55.3 Å². The summed E-state index contributed by atoms with van der Waals surface area (Å²) >= 11 is 0. The Kier molecular flexibility index (Phi) is 5.30. The van der Waals surface area contributed by atoms with Crippen LogP contribution in [0.4, 0.5) is 5.82 Å². The molecule has 1 saturated heterocycles. The molecule has 1 fully saturated rings. The fraction of sp³-hybridized carbons (Fsp3) is 0.318. The number of benzene rings is 1. The summed E-state index contributed by atoms with van der Waals surface area (Å²) in [6, 6.07) is 10.1. The Hall–Kier alpha value is -3.75. The van der Waals surface area contributed by atoms with Crippen LogP contribution >= 0.6 is 0 Å². The molecule has 0 bridgehead atoms. The summed E-state index contributed by atoms with van der Waals surface area (Å²) in [7, 11) is 0. The van der Waals surface area contributed by atoms with Crippen molar-refractivity contribution in [3.8, 4) is 5.82 Å². The van der Waals surface area contributed by atoms with Gasteiger partial charge in [-0.2, -0.15) is 5.10 Å². The zero-order chi connectivity index (χ0) is 21.0. The molecule has 4 aromatic rings. The van der Waals surface area contributed by atoms with Crippen LogP contribution in [0.25, 0.3) is 16.7 Å². The maximum absolute atomic E-state index is 12.8. The predicted molar refractivity (Wildman–Crippen MR) is 117 cm³/mol. The summed E-state index contributed by atoms with van der Waals surface area (Å²) in [5.74, 6) is 1.51. The van der Waals surface area contributed by atoms with Crippen LogP contribution in [0.3, 0.4) is 0 Å². The van der Waals surface area contributed by atoms with Gasteiger partial charge in [-0.1, -0.05) is 18.2 Å². The number of fused-ring (bicyclic) bond motifs is 1. The lowest BCUT2D eigenvalue weighted by Crippen LogP contribution is -2.43. The minimum Gasteiger partial charge on any atom is -0.361 e. The van der Waals surface area contributed by atoms with E-state index in [4.69, 9.17) is 0 Å². The first-order chi connectivity index (χ1) is 15.3. The van der Waals surface area contributed by atoms with Crippen molar-refractivity contribution in [2.24, 2.45) is 5.92 Å². The second-order valence-corrected chi connectivity index (χ2v) is 7.76. The molecule has 3 aromatic heterocycles. The monoisotopic (exact) mass is 416 g/mol. The Morgan fingerprint density at radius 3 is 3.00 bits per heavy atom. The molecule has 0 radical (unpaired) electrons. The Morgan fingerprint density at radius 1 is 1.19 bits per heavy atom. The van der Waals surface area contributed by atoms with E-state index in [0.717, 1.165) is 37.1 Å². The molecule has 9 heteroatoms. The van der Waals surface area contributed by atoms with Crippen molar-refractivity contribution in [3.63, 3.8) is 0 Å². The maximum atomic E-state index is 12.8. The zero-order valence-electron chi connectivity index (χ0n) is 17.1. The van der Waals surface area contributed by atoms with Gasteiger partial charge < -0.3 is 15.2 Å². The number of aromatic nitrogens is 6. The lowest BCUT2D eigenvalue weighted by Gasteiger charge is -2.32. The first-order valence-electron chi connectivity index (χ1n) is 10.5. The molecule has 1 aliphatic rings. The normalized spacial score (nSPS) is 16.5. The molecule has 1 aromatic carbocycles. The van der Waals surface area contributed by atoms with Crippen LogP contribution in [0.15, 0.2) is 55.5 Å². The van der Waals surface area contributed by atoms with E-state index >= 15 is 0 Å². The van der Waals surface area contributed by atoms with Crippen LogP contribution < -0.4 is 10.2 Å². The average molecular weight is 416 g/mol. The minimum absolute atomic E-state index is 0.0542. The maximum Gasteiger partial charge on any atom is 0.224 e. The predicted octanol–water partition coefficient (Wildman–Crippen LogP) is 2.11. The molecule has 1 atom stereocenters. The highest BCUT2D eigenvalue weighted by Gasteiger charge is 2.26. The minimum atomic E-state index is -0.0542. The average Bonchev–Trinajstić information content (AvgIpc) is 3.50. The van der Waals surface area contributed by atoms with Crippen molar-refractivity contribution in [1.82, 2.24) is 35.0 Å². The topological polar surface area (TPSA) is 105 Å². The number of nitrogens with one attached hydrogen (secondary N) is 2. The molecule has 1 amide bonds. The van der Waals surface area contributed by atoms with Crippen molar-refractivity contribution < 1.29 is 4.79 Å². The highest BCUT2D eigenvalue weighted by molar-refractivity contribution is 5.83. The van der Waals surface area contributed by atoms with Gasteiger partial charge in [0.25, 0.3) is 0 Å². The van der Waals surface area contributed by atoms with Crippen molar-refractivity contribution in [2.45, 2.75) is 19.3 Å². The van der Waals surface area contributed by atoms with Crippen LogP contribution in [0.2, 0.25) is 0 Å². The van der Waals surface area contributed by atoms with Gasteiger partial charge in [-0.15, -0.1) is 0 Å². The van der Waals surface area contributed by atoms with E-state index in [1.807, 2.05) is 24.4 Å². The molecule has 9 nitrogen and oxygen atoms in total. The Morgan fingerprint density at radius 2 is 2.10 bits per heavy atom. The summed E-state index contributed by atoms with van der Waals surface area (Å²) in [6.07, 6.45) is 9.27. The number of carbonyl (C=O) groups excluding carboxylic acids is 1. The van der Waals surface area contributed by atoms with E-state index < -0.39 is 0 Å². The third-order valence-electron chi connectivity index (χ3n) is 5.78. The first-order valence-corrected chi connectivity index (χ1v) is 10.5. The second-order valence-electron chi connectivity index (χ2n) is 7.76. The molecule has 31 heavy (non-hydrogen) atoms. The van der Waals surface area contributed by atoms with Gasteiger partial charge in [-0.05, 0) is 30.9 Å². The SMILES string of the molecule is O=C(NCCc1c[nH]c2ccccc12)C1CCCN(c2cc(-n3cncn3)ncn2)C1. The molecule has 158 valence electrons. The highest BCUT2D eigenvalue weighted by atomic mass is 16.1. The molecule has 5 rings (SSSR count). The second kappa shape index (κ2) is 8.55. The molecule has 2 N–H and O–H groups in total. The summed E-state index contributed by atoms with van der Waals surface area (Å²) in [5.41, 5.74) is 2.35. The van der Waals surface area contributed by atoms with E-state index in [-0.39, 0.29) is 11.8 Å². The summed E-state index contributed by atoms with van der Waals surface area (Å²) in [5, 5.41) is 8.46. The number of H-pyrrole nitrogens is 1. The molecule has 0 saturated carbocycles. The standard InChI is InChI=1S/C22H24N8O/c31-22(24-8-7-16-11-25-19-6-2-1-5-18(16)19)17-4-3-9-29(12-17)20-10-21(27-14-26-20)30-15-23-13-28-30/h1-2,5-6,10-11,13-15,17,25H,3-4,7-9,12H2,(H,24,31). The number of piperidine rings is 1. The van der Waals surface area contributed by atoms with Gasteiger partial charge in [0.05, 0.1) is 5.92 Å². The van der Waals surface area contributed by atoms with Gasteiger partial charge in [-0.3, -0.25) is 4.79 Å². The molecular formula is C22H24N8O. The van der Waals surface area contributed by atoms with E-state index in [0.29, 0.717) is 18.9 Å². The van der Waals surface area contributed by atoms with Crippen molar-refractivity contribution in [2.75, 3.05) is 24.5 Å². The lowest BCUT2D eigenvalue weighted by atomic mass is 9.97. The smallest absolute Gasteiger partial charge is 0.224 e. The Bertz CT molecular complexity index is 1170. The van der Waals surface area contributed by atoms with E-state index in [9.17, 15) is 4.79 Å². The van der Waals surface area contributed by atoms with Crippen LogP contribution in [0.5, 0.6) is 0 Å². The third kappa shape index (κ3) is 4.11. The Balaban J connectivity index is 1.19. The zero-order valence-corrected chi connectivity index (χ0v) is 17.1. The van der Waals surface area contributed by atoms with Gasteiger partial charge in [0, 0.05) is 42.8 Å². The fourth-order valence-electron chi connectivity index (χ4n) is 4.16. The number of nitrogens with zero attached hydrogens (tertiary/aromatic N) is 6. The number of rotatable bonds is 6. The van der Waals surface area contributed by atoms with Crippen LogP contribution in [-0.2, 0) is 11.2 Å². The van der Waals surface area contributed by atoms with Crippen molar-refractivity contribution >= 4 is 22.6 Å². The number of carbonyl (C=O) groups is 1. The summed E-state index contributed by atoms with van der Waals surface area (Å²) in [4.78, 5) is 30.9. The van der Waals surface area contributed by atoms with Gasteiger partial charge >= 0.3 is 0 Å². The highest BCUT2D eigenvalue weighted by Crippen LogP contribution is 2.23.